The van der Waals surface area contributed by atoms with Crippen LogP contribution in [0, 0.1) is 6.92 Å². The maximum absolute atomic E-state index is 4.84. The molecule has 0 aliphatic heterocycles. The van der Waals surface area contributed by atoms with Crippen molar-refractivity contribution < 1.29 is 0 Å². The number of hydrogen-bond acceptors (Lipinski definition) is 4. The molecule has 0 aliphatic rings. The number of nitrogens with one attached hydrogen (secondary N) is 1. The van der Waals surface area contributed by atoms with Gasteiger partial charge in [0.05, 0.1) is 5.69 Å². The van der Waals surface area contributed by atoms with Crippen LogP contribution in [-0.4, -0.2) is 19.6 Å². The van der Waals surface area contributed by atoms with E-state index in [-0.39, 0.29) is 0 Å². The largest absolute Gasteiger partial charge is 0.366 e. The Morgan fingerprint density at radius 3 is 2.65 bits per heavy atom. The van der Waals surface area contributed by atoms with E-state index < -0.39 is 0 Å². The van der Waals surface area contributed by atoms with E-state index in [1.54, 1.807) is 6.20 Å². The minimum Gasteiger partial charge on any atom is -0.366 e. The fraction of sp³-hybridized carbons (Fsp3) is 0.190. The second-order valence-electron chi connectivity index (χ2n) is 6.27. The molecule has 4 rings (SSSR count). The monoisotopic (exact) mass is 343 g/mol. The van der Waals surface area contributed by atoms with E-state index in [0.717, 1.165) is 46.0 Å². The average Bonchev–Trinajstić information content (AvgIpc) is 3.06. The number of hydrogen-bond donors (Lipinski definition) is 1. The molecule has 0 radical (unpaired) electrons. The Balaban J connectivity index is 1.81. The smallest absolute Gasteiger partial charge is 0.165 e. The third kappa shape index (κ3) is 3.04. The molecule has 5 nitrogen and oxygen atoms in total. The highest BCUT2D eigenvalue weighted by Crippen LogP contribution is 2.29. The van der Waals surface area contributed by atoms with Gasteiger partial charge in [-0.25, -0.2) is 4.98 Å². The second kappa shape index (κ2) is 6.96. The molecule has 0 bridgehead atoms. The van der Waals surface area contributed by atoms with E-state index in [1.807, 2.05) is 35.8 Å². The Labute approximate surface area is 152 Å². The van der Waals surface area contributed by atoms with Gasteiger partial charge in [-0.2, -0.15) is 9.61 Å². The second-order valence-corrected chi connectivity index (χ2v) is 6.27. The molecule has 3 aromatic heterocycles. The highest BCUT2D eigenvalue weighted by molar-refractivity contribution is 5.81. The van der Waals surface area contributed by atoms with Gasteiger partial charge < -0.3 is 5.32 Å². The van der Waals surface area contributed by atoms with Crippen molar-refractivity contribution in [3.8, 4) is 11.1 Å². The Morgan fingerprint density at radius 2 is 1.92 bits per heavy atom. The number of nitrogens with zero attached hydrogens (tertiary/aromatic N) is 4. The van der Waals surface area contributed by atoms with Crippen LogP contribution in [-0.2, 0) is 13.0 Å². The van der Waals surface area contributed by atoms with Crippen LogP contribution in [0.1, 0.15) is 23.9 Å². The number of benzene rings is 1. The predicted molar refractivity (Wildman–Crippen MR) is 104 cm³/mol. The number of aryl methyl sites for hydroxylation is 2. The molecule has 0 aliphatic carbocycles. The summed E-state index contributed by atoms with van der Waals surface area (Å²) in [6.45, 7) is 4.83. The van der Waals surface area contributed by atoms with E-state index >= 15 is 0 Å². The van der Waals surface area contributed by atoms with Gasteiger partial charge in [0.1, 0.15) is 5.82 Å². The van der Waals surface area contributed by atoms with Crippen molar-refractivity contribution in [2.75, 3.05) is 5.32 Å². The van der Waals surface area contributed by atoms with Gasteiger partial charge in [0.25, 0.3) is 0 Å². The molecule has 0 amide bonds. The van der Waals surface area contributed by atoms with Crippen molar-refractivity contribution in [2.45, 2.75) is 26.8 Å². The number of fused-ring (bicyclic) bond motifs is 1. The topological polar surface area (TPSA) is 55.1 Å². The lowest BCUT2D eigenvalue weighted by Crippen LogP contribution is -2.07. The van der Waals surface area contributed by atoms with E-state index in [1.165, 1.54) is 0 Å². The summed E-state index contributed by atoms with van der Waals surface area (Å²) in [5.41, 5.74) is 6.30. The molecule has 1 aromatic carbocycles. The Morgan fingerprint density at radius 1 is 1.08 bits per heavy atom. The van der Waals surface area contributed by atoms with E-state index in [0.29, 0.717) is 6.54 Å². The molecule has 0 spiro atoms. The van der Waals surface area contributed by atoms with Crippen LogP contribution in [0.15, 0.2) is 60.9 Å². The summed E-state index contributed by atoms with van der Waals surface area (Å²) in [6.07, 6.45) is 4.51. The van der Waals surface area contributed by atoms with Gasteiger partial charge in [-0.3, -0.25) is 4.98 Å². The summed E-state index contributed by atoms with van der Waals surface area (Å²) >= 11 is 0. The Kier molecular flexibility index (Phi) is 4.35. The molecule has 0 unspecified atom stereocenters. The molecular weight excluding hydrogens is 322 g/mol. The van der Waals surface area contributed by atoms with Crippen molar-refractivity contribution in [2.24, 2.45) is 0 Å². The van der Waals surface area contributed by atoms with Gasteiger partial charge in [-0.1, -0.05) is 43.3 Å². The molecule has 130 valence electrons. The lowest BCUT2D eigenvalue weighted by molar-refractivity contribution is 0.876. The number of anilines is 1. The van der Waals surface area contributed by atoms with E-state index in [9.17, 15) is 0 Å². The van der Waals surface area contributed by atoms with Crippen molar-refractivity contribution in [1.82, 2.24) is 19.6 Å². The first-order valence-electron chi connectivity index (χ1n) is 8.83. The molecule has 0 saturated carbocycles. The minimum absolute atomic E-state index is 0.689. The molecule has 0 fully saturated rings. The summed E-state index contributed by atoms with van der Waals surface area (Å²) in [4.78, 5) is 8.96. The van der Waals surface area contributed by atoms with Crippen LogP contribution in [0.2, 0.25) is 0 Å². The number of aromatic nitrogens is 4. The van der Waals surface area contributed by atoms with Crippen LogP contribution in [0.4, 0.5) is 5.82 Å². The van der Waals surface area contributed by atoms with Gasteiger partial charge in [0.15, 0.2) is 5.65 Å². The first-order chi connectivity index (χ1) is 12.8. The summed E-state index contributed by atoms with van der Waals surface area (Å²) in [7, 11) is 0. The Hall–Kier alpha value is -3.21. The van der Waals surface area contributed by atoms with Gasteiger partial charge in [-0.15, -0.1) is 0 Å². The lowest BCUT2D eigenvalue weighted by Gasteiger charge is -2.09. The van der Waals surface area contributed by atoms with Crippen LogP contribution < -0.4 is 5.32 Å². The molecule has 4 aromatic rings. The molecule has 0 atom stereocenters. The third-order valence-electron chi connectivity index (χ3n) is 4.38. The first-order valence-corrected chi connectivity index (χ1v) is 8.83. The summed E-state index contributed by atoms with van der Waals surface area (Å²) in [6, 6.07) is 16.4. The maximum Gasteiger partial charge on any atom is 0.165 e. The SMILES string of the molecule is CCc1nn2c(NCc3cccnc3)cc(C)nc2c1-c1ccccc1. The Bertz CT molecular complexity index is 1020. The molecule has 26 heavy (non-hydrogen) atoms. The minimum atomic E-state index is 0.689. The number of rotatable bonds is 5. The zero-order valence-corrected chi connectivity index (χ0v) is 15.0. The zero-order valence-electron chi connectivity index (χ0n) is 15.0. The molecule has 5 heteroatoms. The normalized spacial score (nSPS) is 11.0. The third-order valence-corrected chi connectivity index (χ3v) is 4.38. The van der Waals surface area contributed by atoms with Gasteiger partial charge >= 0.3 is 0 Å². The average molecular weight is 343 g/mol. The van der Waals surface area contributed by atoms with Crippen molar-refractivity contribution >= 4 is 11.5 Å². The summed E-state index contributed by atoms with van der Waals surface area (Å²) in [5, 5.41) is 8.32. The fourth-order valence-corrected chi connectivity index (χ4v) is 3.15. The van der Waals surface area contributed by atoms with Crippen LogP contribution in [0.5, 0.6) is 0 Å². The summed E-state index contributed by atoms with van der Waals surface area (Å²) < 4.78 is 1.92. The lowest BCUT2D eigenvalue weighted by atomic mass is 10.0. The van der Waals surface area contributed by atoms with Crippen LogP contribution >= 0.6 is 0 Å². The van der Waals surface area contributed by atoms with Crippen molar-refractivity contribution in [1.29, 1.82) is 0 Å². The quantitative estimate of drug-likeness (QED) is 0.588. The fourth-order valence-electron chi connectivity index (χ4n) is 3.15. The predicted octanol–water partition coefficient (Wildman–Crippen LogP) is 4.27. The molecule has 3 heterocycles. The van der Waals surface area contributed by atoms with Crippen molar-refractivity contribution in [3.05, 3.63) is 77.9 Å². The van der Waals surface area contributed by atoms with E-state index in [4.69, 9.17) is 10.1 Å². The summed E-state index contributed by atoms with van der Waals surface area (Å²) in [5.74, 6) is 0.938. The van der Waals surface area contributed by atoms with Crippen LogP contribution in [0.25, 0.3) is 16.8 Å². The van der Waals surface area contributed by atoms with Gasteiger partial charge in [0.2, 0.25) is 0 Å². The van der Waals surface area contributed by atoms with Crippen molar-refractivity contribution in [3.63, 3.8) is 0 Å². The van der Waals surface area contributed by atoms with Gasteiger partial charge in [0, 0.05) is 36.3 Å². The van der Waals surface area contributed by atoms with Gasteiger partial charge in [-0.05, 0) is 30.5 Å². The molecule has 1 N–H and O–H groups in total. The molecular formula is C21H21N5. The van der Waals surface area contributed by atoms with E-state index in [2.05, 4.69) is 47.6 Å². The zero-order chi connectivity index (χ0) is 17.9. The first kappa shape index (κ1) is 16.3. The highest BCUT2D eigenvalue weighted by Gasteiger charge is 2.17. The maximum atomic E-state index is 4.84. The molecule has 0 saturated heterocycles. The standard InChI is InChI=1S/C21H21N5/c1-3-18-20(17-9-5-4-6-10-17)21-24-15(2)12-19(26(21)25-18)23-14-16-8-7-11-22-13-16/h4-13,23H,3,14H2,1-2H3. The number of pyridine rings is 1. The highest BCUT2D eigenvalue weighted by atomic mass is 15.3. The van der Waals surface area contributed by atoms with Crippen LogP contribution in [0.3, 0.4) is 0 Å².